The van der Waals surface area contributed by atoms with Gasteiger partial charge < -0.3 is 43.2 Å². The average molecular weight is 955 g/mol. The third-order valence-electron chi connectivity index (χ3n) is 13.7. The van der Waals surface area contributed by atoms with Gasteiger partial charge in [-0.05, 0) is 52.4 Å². The molecule has 2 fully saturated rings. The summed E-state index contributed by atoms with van der Waals surface area (Å²) in [5.74, 6) is -0.740. The van der Waals surface area contributed by atoms with Crippen LogP contribution >= 0.6 is 0 Å². The first-order valence-corrected chi connectivity index (χ1v) is 29.1. The Kier molecular flexibility index (Phi) is 38.8. The van der Waals surface area contributed by atoms with Gasteiger partial charge in [0.2, 0.25) is 5.91 Å². The molecule has 0 aliphatic carbocycles. The van der Waals surface area contributed by atoms with Crippen LogP contribution < -0.4 is 5.32 Å². The highest BCUT2D eigenvalue weighted by atomic mass is 16.8. The largest absolute Gasteiger partial charge is 0.379 e. The van der Waals surface area contributed by atoms with Crippen molar-refractivity contribution in [2.75, 3.05) is 39.6 Å². The van der Waals surface area contributed by atoms with Gasteiger partial charge in [-0.2, -0.15) is 0 Å². The van der Waals surface area contributed by atoms with Crippen LogP contribution in [0.25, 0.3) is 0 Å². The zero-order valence-corrected chi connectivity index (χ0v) is 45.4. The topological polar surface area (TPSA) is 103 Å². The predicted octanol–water partition coefficient (Wildman–Crippen LogP) is 14.9. The second-order valence-corrected chi connectivity index (χ2v) is 20.6. The van der Waals surface area contributed by atoms with E-state index in [-0.39, 0.29) is 30.8 Å². The molecule has 10 nitrogen and oxygen atoms in total. The van der Waals surface area contributed by atoms with Crippen LogP contribution in [-0.2, 0) is 42.7 Å². The van der Waals surface area contributed by atoms with Gasteiger partial charge in [0.25, 0.3) is 0 Å². The van der Waals surface area contributed by atoms with Crippen molar-refractivity contribution in [1.29, 1.82) is 0 Å². The van der Waals surface area contributed by atoms with Gasteiger partial charge in [0, 0.05) is 32.8 Å². The van der Waals surface area contributed by atoms with Crippen LogP contribution in [0.5, 0.6) is 0 Å². The zero-order valence-electron chi connectivity index (χ0n) is 45.4. The molecule has 0 aromatic carbocycles. The van der Waals surface area contributed by atoms with Crippen molar-refractivity contribution in [2.24, 2.45) is 0 Å². The molecule has 0 spiro atoms. The molecule has 2 rings (SSSR count). The van der Waals surface area contributed by atoms with Gasteiger partial charge in [-0.25, -0.2) is 0 Å². The Hall–Kier alpha value is -0.850. The van der Waals surface area contributed by atoms with Crippen molar-refractivity contribution >= 4 is 5.91 Å². The van der Waals surface area contributed by atoms with E-state index in [1.807, 2.05) is 13.8 Å². The van der Waals surface area contributed by atoms with Crippen LogP contribution in [0.2, 0.25) is 0 Å². The number of nitrogens with one attached hydrogen (secondary N) is 1. The monoisotopic (exact) mass is 954 g/mol. The molecule has 2 aliphatic rings. The fourth-order valence-electron chi connectivity index (χ4n) is 9.51. The lowest BCUT2D eigenvalue weighted by molar-refractivity contribution is -0.325. The molecule has 8 atom stereocenters. The van der Waals surface area contributed by atoms with E-state index in [0.717, 1.165) is 89.9 Å². The molecule has 0 saturated carbocycles. The number of ether oxygens (including phenoxy) is 8. The summed E-state index contributed by atoms with van der Waals surface area (Å²) in [6, 6.07) is -0.442. The molecule has 1 amide bonds. The van der Waals surface area contributed by atoms with Crippen molar-refractivity contribution in [1.82, 2.24) is 5.32 Å². The van der Waals surface area contributed by atoms with Crippen molar-refractivity contribution in [3.63, 3.8) is 0 Å². The van der Waals surface area contributed by atoms with E-state index in [1.54, 1.807) is 0 Å². The fourth-order valence-corrected chi connectivity index (χ4v) is 9.51. The van der Waals surface area contributed by atoms with Crippen LogP contribution in [0, 0.1) is 0 Å². The van der Waals surface area contributed by atoms with Gasteiger partial charge in [-0.15, -0.1) is 0 Å². The Bertz CT molecular complexity index is 1110. The van der Waals surface area contributed by atoms with E-state index in [2.05, 4.69) is 46.9 Å². The molecule has 0 aromatic rings. The van der Waals surface area contributed by atoms with Crippen molar-refractivity contribution in [3.8, 4) is 0 Å². The first kappa shape index (κ1) is 62.3. The van der Waals surface area contributed by atoms with Crippen LogP contribution in [0.1, 0.15) is 267 Å². The third-order valence-corrected chi connectivity index (χ3v) is 13.7. The number of unbranched alkanes of at least 4 members (excludes halogenated alkanes) is 25. The van der Waals surface area contributed by atoms with E-state index in [4.69, 9.17) is 37.9 Å². The summed E-state index contributed by atoms with van der Waals surface area (Å²) in [6.45, 7) is 20.1. The maximum atomic E-state index is 13.8. The van der Waals surface area contributed by atoms with E-state index in [0.29, 0.717) is 39.5 Å². The number of carbonyl (C=O) groups is 1. The minimum absolute atomic E-state index is 0.0318. The molecule has 2 saturated heterocycles. The Morgan fingerprint density at radius 1 is 0.478 bits per heavy atom. The second kappa shape index (κ2) is 41.7. The summed E-state index contributed by atoms with van der Waals surface area (Å²) >= 11 is 0. The molecule has 67 heavy (non-hydrogen) atoms. The number of amides is 1. The minimum Gasteiger partial charge on any atom is -0.379 e. The van der Waals surface area contributed by atoms with Gasteiger partial charge in [0.15, 0.2) is 12.1 Å². The molecule has 0 radical (unpaired) electrons. The highest BCUT2D eigenvalue weighted by Gasteiger charge is 2.50. The predicted molar refractivity (Wildman–Crippen MR) is 277 cm³/mol. The van der Waals surface area contributed by atoms with E-state index in [1.165, 1.54) is 116 Å². The summed E-state index contributed by atoms with van der Waals surface area (Å²) < 4.78 is 53.2. The Morgan fingerprint density at radius 3 is 1.42 bits per heavy atom. The molecule has 2 aliphatic heterocycles. The van der Waals surface area contributed by atoms with Crippen LogP contribution in [0.4, 0.5) is 0 Å². The van der Waals surface area contributed by atoms with Gasteiger partial charge in [0.05, 0.1) is 25.4 Å². The SMILES string of the molecule is CCCCCCCCCCCCCCCCCCCCCCC(=O)N[C@@H](COC1OC(COCCCC)C(OCCCC)C(OCCCC)C1OCCCC)[C@@H]1OC(C)(C)O[C@@H]1CCCCC. The molecule has 398 valence electrons. The number of hydrogen-bond acceptors (Lipinski definition) is 9. The summed E-state index contributed by atoms with van der Waals surface area (Å²) in [7, 11) is 0. The first-order valence-electron chi connectivity index (χ1n) is 29.1. The molecule has 10 heteroatoms. The Balaban J connectivity index is 2.03. The number of hydrogen-bond donors (Lipinski definition) is 1. The van der Waals surface area contributed by atoms with E-state index in [9.17, 15) is 4.79 Å². The summed E-state index contributed by atoms with van der Waals surface area (Å²) in [5, 5.41) is 3.39. The Morgan fingerprint density at radius 2 is 0.910 bits per heavy atom. The molecule has 0 aromatic heterocycles. The lowest BCUT2D eigenvalue weighted by Gasteiger charge is -2.46. The highest BCUT2D eigenvalue weighted by Crippen LogP contribution is 2.35. The van der Waals surface area contributed by atoms with Crippen molar-refractivity contribution in [3.05, 3.63) is 0 Å². The molecule has 5 unspecified atom stereocenters. The summed E-state index contributed by atoms with van der Waals surface area (Å²) in [5.41, 5.74) is 0. The quantitative estimate of drug-likeness (QED) is 0.0597. The standard InChI is InChI=1S/C57H111NO9/c1-9-15-21-22-23-24-25-26-27-28-29-30-31-32-33-34-35-36-37-39-41-51(59)58-48(52-49(40-38-16-10-2)66-57(7,8)67-52)46-64-56-55(63-45-20-14-6)54(62-44-19-13-5)53(61-43-18-12-4)50(65-56)47-60-42-17-11-3/h48-50,52-56H,9-47H2,1-8H3,(H,58,59)/t48-,49+,50?,52-,53?,54?,55?,56?/m0/s1. The number of rotatable bonds is 47. The average Bonchev–Trinajstić information content (AvgIpc) is 3.63. The highest BCUT2D eigenvalue weighted by molar-refractivity contribution is 5.76. The van der Waals surface area contributed by atoms with Gasteiger partial charge in [-0.1, -0.05) is 208 Å². The minimum atomic E-state index is -0.771. The molecule has 2 heterocycles. The molecule has 1 N–H and O–H groups in total. The third kappa shape index (κ3) is 29.3. The lowest BCUT2D eigenvalue weighted by atomic mass is 9.97. The number of carbonyl (C=O) groups excluding carboxylic acids is 1. The maximum absolute atomic E-state index is 13.8. The molecular weight excluding hydrogens is 843 g/mol. The van der Waals surface area contributed by atoms with Crippen LogP contribution in [0.15, 0.2) is 0 Å². The second-order valence-electron chi connectivity index (χ2n) is 20.6. The first-order chi connectivity index (χ1) is 32.7. The maximum Gasteiger partial charge on any atom is 0.220 e. The van der Waals surface area contributed by atoms with Crippen LogP contribution in [-0.4, -0.2) is 100 Å². The normalized spacial score (nSPS) is 23.3. The van der Waals surface area contributed by atoms with Crippen molar-refractivity contribution in [2.45, 2.75) is 322 Å². The zero-order chi connectivity index (χ0) is 48.6. The smallest absolute Gasteiger partial charge is 0.220 e. The summed E-state index contributed by atoms with van der Waals surface area (Å²) in [4.78, 5) is 13.8. The fraction of sp³-hybridized carbons (Fsp3) is 0.982. The van der Waals surface area contributed by atoms with Gasteiger partial charge in [0.1, 0.15) is 30.5 Å². The molecule has 0 bridgehead atoms. The van der Waals surface area contributed by atoms with Gasteiger partial charge >= 0.3 is 0 Å². The lowest BCUT2D eigenvalue weighted by Crippen LogP contribution is -2.63. The summed E-state index contributed by atoms with van der Waals surface area (Å²) in [6.07, 6.45) is 36.3. The van der Waals surface area contributed by atoms with Gasteiger partial charge in [-0.3, -0.25) is 4.79 Å². The van der Waals surface area contributed by atoms with Crippen LogP contribution in [0.3, 0.4) is 0 Å². The molecular formula is C57H111NO9. The Labute approximate surface area is 414 Å². The van der Waals surface area contributed by atoms with E-state index >= 15 is 0 Å². The van der Waals surface area contributed by atoms with E-state index < -0.39 is 36.4 Å². The van der Waals surface area contributed by atoms with Crippen molar-refractivity contribution < 1.29 is 42.7 Å².